The highest BCUT2D eigenvalue weighted by Gasteiger charge is 2.37. The summed E-state index contributed by atoms with van der Waals surface area (Å²) in [5.41, 5.74) is 3.16. The molecule has 118 valence electrons. The molecule has 5 heteroatoms. The van der Waals surface area contributed by atoms with Crippen LogP contribution in [0.2, 0.25) is 0 Å². The van der Waals surface area contributed by atoms with Crippen molar-refractivity contribution in [3.63, 3.8) is 0 Å². The molecule has 2 aliphatic heterocycles. The summed E-state index contributed by atoms with van der Waals surface area (Å²) in [6.07, 6.45) is 0.309. The zero-order valence-electron chi connectivity index (χ0n) is 13.2. The van der Waals surface area contributed by atoms with Gasteiger partial charge in [0.1, 0.15) is 0 Å². The lowest BCUT2D eigenvalue weighted by molar-refractivity contribution is -0.139. The number of hydrogen-bond acceptors (Lipinski definition) is 3. The maximum Gasteiger partial charge on any atom is 0.228 e. The minimum atomic E-state index is -0.230. The van der Waals surface area contributed by atoms with Crippen molar-refractivity contribution in [2.24, 2.45) is 5.92 Å². The molecule has 3 rings (SSSR count). The van der Waals surface area contributed by atoms with E-state index in [2.05, 4.69) is 6.07 Å². The van der Waals surface area contributed by atoms with E-state index in [4.69, 9.17) is 4.74 Å². The van der Waals surface area contributed by atoms with E-state index < -0.39 is 0 Å². The third-order valence-corrected chi connectivity index (χ3v) is 4.32. The van der Waals surface area contributed by atoms with E-state index in [0.29, 0.717) is 39.3 Å². The van der Waals surface area contributed by atoms with Gasteiger partial charge in [0, 0.05) is 31.7 Å². The van der Waals surface area contributed by atoms with Gasteiger partial charge >= 0.3 is 0 Å². The molecule has 1 aromatic rings. The van der Waals surface area contributed by atoms with Crippen LogP contribution in [0.25, 0.3) is 0 Å². The second-order valence-corrected chi connectivity index (χ2v) is 6.19. The van der Waals surface area contributed by atoms with E-state index >= 15 is 0 Å². The Hall–Kier alpha value is -1.88. The standard InChI is InChI=1S/C17H22N2O3/c1-12-7-13(2)9-15(8-12)19-11-14(10-16(19)20)17(21)18-3-5-22-6-4-18/h7-9,14H,3-6,10-11H2,1-2H3. The molecule has 1 unspecified atom stereocenters. The Balaban J connectivity index is 1.73. The molecule has 2 fully saturated rings. The number of amides is 2. The summed E-state index contributed by atoms with van der Waals surface area (Å²) >= 11 is 0. The lowest BCUT2D eigenvalue weighted by atomic mass is 10.1. The third-order valence-electron chi connectivity index (χ3n) is 4.32. The van der Waals surface area contributed by atoms with E-state index in [1.807, 2.05) is 30.9 Å². The summed E-state index contributed by atoms with van der Waals surface area (Å²) in [6, 6.07) is 6.10. The quantitative estimate of drug-likeness (QED) is 0.832. The molecule has 0 radical (unpaired) electrons. The number of rotatable bonds is 2. The zero-order valence-corrected chi connectivity index (χ0v) is 13.2. The van der Waals surface area contributed by atoms with Crippen LogP contribution >= 0.6 is 0 Å². The van der Waals surface area contributed by atoms with Crippen LogP contribution in [0.1, 0.15) is 17.5 Å². The summed E-state index contributed by atoms with van der Waals surface area (Å²) in [6.45, 7) is 6.97. The number of aryl methyl sites for hydroxylation is 2. The maximum atomic E-state index is 12.5. The van der Waals surface area contributed by atoms with Gasteiger partial charge in [-0.05, 0) is 37.1 Å². The van der Waals surface area contributed by atoms with Crippen LogP contribution in [-0.2, 0) is 14.3 Å². The van der Waals surface area contributed by atoms with E-state index in [1.54, 1.807) is 4.90 Å². The summed E-state index contributed by atoms with van der Waals surface area (Å²) in [7, 11) is 0. The van der Waals surface area contributed by atoms with Crippen molar-refractivity contribution < 1.29 is 14.3 Å². The predicted octanol–water partition coefficient (Wildman–Crippen LogP) is 1.52. The minimum Gasteiger partial charge on any atom is -0.378 e. The molecule has 2 aliphatic rings. The lowest BCUT2D eigenvalue weighted by Crippen LogP contribution is -2.44. The predicted molar refractivity (Wildman–Crippen MR) is 83.8 cm³/mol. The maximum absolute atomic E-state index is 12.5. The fraction of sp³-hybridized carbons (Fsp3) is 0.529. The Morgan fingerprint density at radius 1 is 1.14 bits per heavy atom. The molecule has 1 atom stereocenters. The fourth-order valence-electron chi connectivity index (χ4n) is 3.27. The second-order valence-electron chi connectivity index (χ2n) is 6.19. The van der Waals surface area contributed by atoms with Gasteiger partial charge in [-0.2, -0.15) is 0 Å². The Kier molecular flexibility index (Phi) is 4.16. The van der Waals surface area contributed by atoms with Crippen LogP contribution in [0.3, 0.4) is 0 Å². The van der Waals surface area contributed by atoms with Crippen molar-refractivity contribution in [3.8, 4) is 0 Å². The Morgan fingerprint density at radius 2 is 1.77 bits per heavy atom. The fourth-order valence-corrected chi connectivity index (χ4v) is 3.27. The van der Waals surface area contributed by atoms with Gasteiger partial charge in [0.2, 0.25) is 11.8 Å². The summed E-state index contributed by atoms with van der Waals surface area (Å²) in [5.74, 6) is -0.105. The van der Waals surface area contributed by atoms with Crippen LogP contribution in [-0.4, -0.2) is 49.6 Å². The van der Waals surface area contributed by atoms with Crippen LogP contribution in [0.15, 0.2) is 18.2 Å². The van der Waals surface area contributed by atoms with Crippen LogP contribution in [0, 0.1) is 19.8 Å². The molecule has 2 heterocycles. The van der Waals surface area contributed by atoms with Crippen molar-refractivity contribution in [1.29, 1.82) is 0 Å². The Labute approximate surface area is 130 Å². The molecule has 0 bridgehead atoms. The normalized spacial score (nSPS) is 22.3. The number of nitrogens with zero attached hydrogens (tertiary/aromatic N) is 2. The number of benzene rings is 1. The molecule has 0 spiro atoms. The third kappa shape index (κ3) is 2.99. The smallest absolute Gasteiger partial charge is 0.228 e. The van der Waals surface area contributed by atoms with Gasteiger partial charge in [-0.1, -0.05) is 6.07 Å². The molecular weight excluding hydrogens is 280 g/mol. The van der Waals surface area contributed by atoms with Gasteiger partial charge in [0.25, 0.3) is 0 Å². The van der Waals surface area contributed by atoms with Crippen molar-refractivity contribution in [2.45, 2.75) is 20.3 Å². The van der Waals surface area contributed by atoms with Gasteiger partial charge in [-0.25, -0.2) is 0 Å². The first-order valence-electron chi connectivity index (χ1n) is 7.80. The van der Waals surface area contributed by atoms with Gasteiger partial charge in [0.05, 0.1) is 19.1 Å². The topological polar surface area (TPSA) is 49.9 Å². The second kappa shape index (κ2) is 6.08. The number of carbonyl (C=O) groups is 2. The lowest BCUT2D eigenvalue weighted by Gasteiger charge is -2.29. The molecule has 2 amide bonds. The van der Waals surface area contributed by atoms with Gasteiger partial charge in [-0.15, -0.1) is 0 Å². The summed E-state index contributed by atoms with van der Waals surface area (Å²) in [4.78, 5) is 28.5. The molecule has 0 N–H and O–H groups in total. The number of anilines is 1. The first-order valence-corrected chi connectivity index (χ1v) is 7.80. The van der Waals surface area contributed by atoms with Gasteiger partial charge in [-0.3, -0.25) is 9.59 Å². The molecule has 5 nitrogen and oxygen atoms in total. The largest absolute Gasteiger partial charge is 0.378 e. The SMILES string of the molecule is Cc1cc(C)cc(N2CC(C(=O)N3CCOCC3)CC2=O)c1. The monoisotopic (exact) mass is 302 g/mol. The van der Waals surface area contributed by atoms with Crippen LogP contribution in [0.5, 0.6) is 0 Å². The van der Waals surface area contributed by atoms with E-state index in [-0.39, 0.29) is 17.7 Å². The molecule has 2 saturated heterocycles. The highest BCUT2D eigenvalue weighted by atomic mass is 16.5. The van der Waals surface area contributed by atoms with E-state index in [1.165, 1.54) is 0 Å². The number of carbonyl (C=O) groups excluding carboxylic acids is 2. The van der Waals surface area contributed by atoms with Crippen molar-refractivity contribution in [2.75, 3.05) is 37.7 Å². The number of ether oxygens (including phenoxy) is 1. The first-order chi connectivity index (χ1) is 10.5. The van der Waals surface area contributed by atoms with E-state index in [9.17, 15) is 9.59 Å². The Morgan fingerprint density at radius 3 is 2.41 bits per heavy atom. The average Bonchev–Trinajstić information content (AvgIpc) is 2.88. The van der Waals surface area contributed by atoms with Gasteiger partial charge < -0.3 is 14.5 Å². The first kappa shape index (κ1) is 15.0. The summed E-state index contributed by atoms with van der Waals surface area (Å²) in [5, 5.41) is 0. The Bertz CT molecular complexity index is 573. The van der Waals surface area contributed by atoms with Crippen LogP contribution < -0.4 is 4.90 Å². The zero-order chi connectivity index (χ0) is 15.7. The van der Waals surface area contributed by atoms with E-state index in [0.717, 1.165) is 16.8 Å². The van der Waals surface area contributed by atoms with Crippen molar-refractivity contribution in [1.82, 2.24) is 4.90 Å². The molecule has 1 aromatic carbocycles. The number of morpholine rings is 1. The molecule has 0 saturated carbocycles. The minimum absolute atomic E-state index is 0.0385. The average molecular weight is 302 g/mol. The highest BCUT2D eigenvalue weighted by molar-refractivity contribution is 6.00. The molecule has 0 aliphatic carbocycles. The molecular formula is C17H22N2O3. The number of hydrogen-bond donors (Lipinski definition) is 0. The van der Waals surface area contributed by atoms with Crippen molar-refractivity contribution >= 4 is 17.5 Å². The molecule has 22 heavy (non-hydrogen) atoms. The van der Waals surface area contributed by atoms with Gasteiger partial charge in [0.15, 0.2) is 0 Å². The highest BCUT2D eigenvalue weighted by Crippen LogP contribution is 2.28. The van der Waals surface area contributed by atoms with Crippen molar-refractivity contribution in [3.05, 3.63) is 29.3 Å². The molecule has 0 aromatic heterocycles. The summed E-state index contributed by atoms with van der Waals surface area (Å²) < 4.78 is 5.28. The van der Waals surface area contributed by atoms with Crippen LogP contribution in [0.4, 0.5) is 5.69 Å².